The van der Waals surface area contributed by atoms with E-state index < -0.39 is 5.23 Å². The summed E-state index contributed by atoms with van der Waals surface area (Å²) < 4.78 is 5.08. The molecule has 0 saturated carbocycles. The number of fused-ring (bicyclic) bond motifs is 1. The maximum atomic E-state index is 10.7. The van der Waals surface area contributed by atoms with E-state index in [1.807, 2.05) is 18.2 Å². The molecule has 0 aliphatic carbocycles. The normalized spacial score (nSPS) is 12.7. The molecule has 0 spiro atoms. The fraction of sp³-hybridized carbons (Fsp3) is 0.0909. The summed E-state index contributed by atoms with van der Waals surface area (Å²) >= 11 is 0. The number of nitrogens with one attached hydrogen (secondary N) is 1. The van der Waals surface area contributed by atoms with Crippen molar-refractivity contribution in [1.29, 1.82) is 0 Å². The molecule has 0 saturated heterocycles. The van der Waals surface area contributed by atoms with Crippen molar-refractivity contribution < 1.29 is 15.2 Å². The third-order valence-corrected chi connectivity index (χ3v) is 2.29. The van der Waals surface area contributed by atoms with Gasteiger partial charge in [0.1, 0.15) is 5.75 Å². The van der Waals surface area contributed by atoms with Gasteiger partial charge in [0, 0.05) is 12.1 Å². The molecule has 0 amide bonds. The molecule has 2 aromatic rings. The largest absolute Gasteiger partial charge is 0.595 e. The van der Waals surface area contributed by atoms with Gasteiger partial charge in [-0.15, -0.1) is 0 Å². The lowest BCUT2D eigenvalue weighted by Gasteiger charge is -2.12. The van der Waals surface area contributed by atoms with E-state index in [1.54, 1.807) is 25.3 Å². The highest BCUT2D eigenvalue weighted by molar-refractivity contribution is 5.85. The van der Waals surface area contributed by atoms with Gasteiger partial charge in [-0.05, 0) is 29.0 Å². The van der Waals surface area contributed by atoms with Crippen LogP contribution in [0.3, 0.4) is 0 Å². The predicted octanol–water partition coefficient (Wildman–Crippen LogP) is 1.25. The highest BCUT2D eigenvalue weighted by Gasteiger charge is 2.02. The van der Waals surface area contributed by atoms with E-state index in [-0.39, 0.29) is 0 Å². The molecule has 2 aromatic carbocycles. The van der Waals surface area contributed by atoms with Gasteiger partial charge in [0.15, 0.2) is 5.69 Å². The fourth-order valence-electron chi connectivity index (χ4n) is 1.48. The van der Waals surface area contributed by atoms with E-state index in [1.165, 1.54) is 0 Å². The second-order valence-corrected chi connectivity index (χ2v) is 3.23. The first-order chi connectivity index (χ1) is 7.20. The molecule has 4 nitrogen and oxygen atoms in total. The van der Waals surface area contributed by atoms with Crippen LogP contribution in [0.5, 0.6) is 5.75 Å². The van der Waals surface area contributed by atoms with Crippen molar-refractivity contribution in [3.05, 3.63) is 41.6 Å². The van der Waals surface area contributed by atoms with Gasteiger partial charge in [0.05, 0.1) is 7.11 Å². The number of methoxy groups -OCH3 is 1. The molecule has 4 heteroatoms. The Bertz CT molecular complexity index is 482. The first kappa shape index (κ1) is 9.92. The third kappa shape index (κ3) is 1.92. The molecule has 2 rings (SSSR count). The Morgan fingerprint density at radius 2 is 1.80 bits per heavy atom. The van der Waals surface area contributed by atoms with Crippen molar-refractivity contribution in [3.8, 4) is 5.75 Å². The highest BCUT2D eigenvalue weighted by atomic mass is 16.8. The summed E-state index contributed by atoms with van der Waals surface area (Å²) in [7, 11) is 1.60. The monoisotopic (exact) mass is 205 g/mol. The maximum absolute atomic E-state index is 10.7. The number of quaternary nitrogens is 1. The molecule has 1 atom stereocenters. The lowest BCUT2D eigenvalue weighted by atomic mass is 10.1. The molecular weight excluding hydrogens is 194 g/mol. The minimum Gasteiger partial charge on any atom is -0.595 e. The van der Waals surface area contributed by atoms with Crippen molar-refractivity contribution in [1.82, 2.24) is 0 Å². The molecule has 0 radical (unpaired) electrons. The molecule has 0 heterocycles. The lowest BCUT2D eigenvalue weighted by molar-refractivity contribution is -0.991. The Balaban J connectivity index is 2.55. The fourth-order valence-corrected chi connectivity index (χ4v) is 1.48. The van der Waals surface area contributed by atoms with E-state index in [2.05, 4.69) is 0 Å². The molecule has 0 aliphatic rings. The average molecular weight is 205 g/mol. The first-order valence-corrected chi connectivity index (χ1v) is 4.52. The second kappa shape index (κ2) is 3.86. The van der Waals surface area contributed by atoms with E-state index >= 15 is 0 Å². The molecule has 78 valence electrons. The molecule has 2 N–H and O–H groups in total. The maximum Gasteiger partial charge on any atom is 0.164 e. The second-order valence-electron chi connectivity index (χ2n) is 3.23. The van der Waals surface area contributed by atoms with Crippen LogP contribution in [0.15, 0.2) is 36.4 Å². The van der Waals surface area contributed by atoms with Crippen molar-refractivity contribution in [3.63, 3.8) is 0 Å². The van der Waals surface area contributed by atoms with Gasteiger partial charge < -0.3 is 9.94 Å². The zero-order chi connectivity index (χ0) is 10.8. The summed E-state index contributed by atoms with van der Waals surface area (Å²) in [6.45, 7) is 0. The minimum atomic E-state index is -0.910. The topological polar surface area (TPSA) is 57.0 Å². The SMILES string of the molecule is COc1ccc2cc([NH+]([O-])O)ccc2c1. The predicted molar refractivity (Wildman–Crippen MR) is 56.3 cm³/mol. The average Bonchev–Trinajstić information content (AvgIpc) is 2.27. The van der Waals surface area contributed by atoms with Gasteiger partial charge in [-0.2, -0.15) is 5.23 Å². The zero-order valence-corrected chi connectivity index (χ0v) is 8.23. The number of rotatable bonds is 2. The van der Waals surface area contributed by atoms with Crippen LogP contribution in [0.4, 0.5) is 5.69 Å². The standard InChI is InChI=1S/C11H11NO3/c1-15-11-5-3-8-6-10(12(13)14)4-2-9(8)7-11/h2-7,12-13H,1H3. The van der Waals surface area contributed by atoms with Crippen LogP contribution in [0.1, 0.15) is 0 Å². The smallest absolute Gasteiger partial charge is 0.164 e. The summed E-state index contributed by atoms with van der Waals surface area (Å²) in [6, 6.07) is 10.6. The van der Waals surface area contributed by atoms with Crippen LogP contribution in [-0.4, -0.2) is 12.3 Å². The summed E-state index contributed by atoms with van der Waals surface area (Å²) in [5.41, 5.74) is 0.299. The van der Waals surface area contributed by atoms with E-state index in [9.17, 15) is 5.21 Å². The van der Waals surface area contributed by atoms with Gasteiger partial charge >= 0.3 is 0 Å². The molecule has 0 aliphatic heterocycles. The zero-order valence-electron chi connectivity index (χ0n) is 8.23. The molecule has 0 fully saturated rings. The first-order valence-electron chi connectivity index (χ1n) is 4.52. The number of hydrogen-bond acceptors (Lipinski definition) is 3. The van der Waals surface area contributed by atoms with Gasteiger partial charge in [-0.1, -0.05) is 6.07 Å². The summed E-state index contributed by atoms with van der Waals surface area (Å²) in [4.78, 5) is 0. The molecule has 0 aromatic heterocycles. The summed E-state index contributed by atoms with van der Waals surface area (Å²) in [5, 5.41) is 20.5. The van der Waals surface area contributed by atoms with Crippen molar-refractivity contribution in [2.75, 3.05) is 7.11 Å². The number of hydrogen-bond donors (Lipinski definition) is 2. The Kier molecular flexibility index (Phi) is 2.55. The Labute approximate surface area is 86.8 Å². The Hall–Kier alpha value is -1.62. The van der Waals surface area contributed by atoms with E-state index in [0.29, 0.717) is 5.69 Å². The molecule has 0 bridgehead atoms. The number of benzene rings is 2. The molecular formula is C11H11NO3. The Morgan fingerprint density at radius 1 is 1.13 bits per heavy atom. The van der Waals surface area contributed by atoms with Crippen LogP contribution in [-0.2, 0) is 0 Å². The van der Waals surface area contributed by atoms with Crippen LogP contribution in [0.2, 0.25) is 0 Å². The van der Waals surface area contributed by atoms with E-state index in [4.69, 9.17) is 9.94 Å². The summed E-state index contributed by atoms with van der Waals surface area (Å²) in [6.07, 6.45) is 0. The van der Waals surface area contributed by atoms with Crippen molar-refractivity contribution in [2.45, 2.75) is 0 Å². The van der Waals surface area contributed by atoms with Gasteiger partial charge in [-0.25, -0.2) is 5.21 Å². The van der Waals surface area contributed by atoms with Crippen LogP contribution in [0, 0.1) is 5.21 Å². The molecule has 1 unspecified atom stereocenters. The third-order valence-electron chi connectivity index (χ3n) is 2.29. The quantitative estimate of drug-likeness (QED) is 0.725. The van der Waals surface area contributed by atoms with Gasteiger partial charge in [-0.3, -0.25) is 0 Å². The minimum absolute atomic E-state index is 0.299. The Morgan fingerprint density at radius 3 is 2.47 bits per heavy atom. The summed E-state index contributed by atoms with van der Waals surface area (Å²) in [5.74, 6) is 0.769. The van der Waals surface area contributed by atoms with E-state index in [0.717, 1.165) is 16.5 Å². The van der Waals surface area contributed by atoms with Crippen LogP contribution < -0.4 is 9.96 Å². The van der Waals surface area contributed by atoms with Crippen molar-refractivity contribution >= 4 is 16.5 Å². The van der Waals surface area contributed by atoms with Gasteiger partial charge in [0.2, 0.25) is 0 Å². The highest BCUT2D eigenvalue weighted by Crippen LogP contribution is 2.22. The van der Waals surface area contributed by atoms with Crippen molar-refractivity contribution in [2.24, 2.45) is 0 Å². The lowest BCUT2D eigenvalue weighted by Crippen LogP contribution is -2.99. The number of ether oxygens (including phenoxy) is 1. The van der Waals surface area contributed by atoms with Crippen LogP contribution >= 0.6 is 0 Å². The van der Waals surface area contributed by atoms with Crippen LogP contribution in [0.25, 0.3) is 10.8 Å². The molecule has 15 heavy (non-hydrogen) atoms. The van der Waals surface area contributed by atoms with Gasteiger partial charge in [0.25, 0.3) is 0 Å².